The first-order chi connectivity index (χ1) is 18.0. The van der Waals surface area contributed by atoms with Crippen LogP contribution in [-0.2, 0) is 12.0 Å². The largest absolute Gasteiger partial charge is 0.396 e. The van der Waals surface area contributed by atoms with Crippen molar-refractivity contribution in [3.8, 4) is 22.6 Å². The van der Waals surface area contributed by atoms with Crippen molar-refractivity contribution in [2.45, 2.75) is 52.6 Å². The van der Waals surface area contributed by atoms with E-state index in [4.69, 9.17) is 10.3 Å². The molecule has 1 amide bonds. The number of aromatic nitrogens is 7. The van der Waals surface area contributed by atoms with Crippen LogP contribution in [0.5, 0.6) is 0 Å². The zero-order valence-electron chi connectivity index (χ0n) is 21.7. The summed E-state index contributed by atoms with van der Waals surface area (Å²) < 4.78 is 21.9. The van der Waals surface area contributed by atoms with Gasteiger partial charge in [-0.1, -0.05) is 38.1 Å². The molecule has 0 aliphatic heterocycles. The van der Waals surface area contributed by atoms with Gasteiger partial charge in [-0.25, -0.2) is 14.4 Å². The number of carbonyl (C=O) groups excluding carboxylic acids is 1. The second kappa shape index (κ2) is 9.36. The summed E-state index contributed by atoms with van der Waals surface area (Å²) >= 11 is 0. The lowest BCUT2D eigenvalue weighted by molar-refractivity contribution is 0.0906. The standard InChI is InChI=1S/C26H28FN9O2/c1-13(2)36-12-18(28)20(34-36)22-31-19-16(8-9-29-21(19)32-22)14-6-7-15(17(27)10-14)11-30-23(37)24-33-25(35-38-24)26(3,4)5/h6-10,12-13H,11,28H2,1-5H3,(H,30,37)(H,29,31,32). The van der Waals surface area contributed by atoms with E-state index < -0.39 is 11.7 Å². The quantitative estimate of drug-likeness (QED) is 0.299. The van der Waals surface area contributed by atoms with E-state index in [-0.39, 0.29) is 23.9 Å². The van der Waals surface area contributed by atoms with Gasteiger partial charge in [-0.15, -0.1) is 0 Å². The molecule has 0 fully saturated rings. The number of nitrogen functional groups attached to an aromatic ring is 1. The lowest BCUT2D eigenvalue weighted by Gasteiger charge is -2.10. The molecule has 0 aliphatic rings. The van der Waals surface area contributed by atoms with Crippen LogP contribution in [0, 0.1) is 5.82 Å². The normalized spacial score (nSPS) is 12.0. The van der Waals surface area contributed by atoms with Gasteiger partial charge in [-0.3, -0.25) is 9.48 Å². The number of nitrogens with two attached hydrogens (primary N) is 1. The first-order valence-corrected chi connectivity index (χ1v) is 12.1. The van der Waals surface area contributed by atoms with Gasteiger partial charge in [0.2, 0.25) is 0 Å². The highest BCUT2D eigenvalue weighted by Crippen LogP contribution is 2.31. The number of nitrogens with zero attached hydrogens (tertiary/aromatic N) is 6. The molecule has 0 saturated heterocycles. The number of anilines is 1. The number of nitrogens with one attached hydrogen (secondary N) is 2. The number of pyridine rings is 1. The second-order valence-electron chi connectivity index (χ2n) is 10.3. The molecule has 12 heteroatoms. The van der Waals surface area contributed by atoms with Crippen LogP contribution < -0.4 is 11.1 Å². The van der Waals surface area contributed by atoms with Gasteiger partial charge in [0.25, 0.3) is 0 Å². The summed E-state index contributed by atoms with van der Waals surface area (Å²) in [7, 11) is 0. The molecule has 4 heterocycles. The first-order valence-electron chi connectivity index (χ1n) is 12.1. The van der Waals surface area contributed by atoms with Gasteiger partial charge in [0.05, 0.1) is 5.69 Å². The van der Waals surface area contributed by atoms with Gasteiger partial charge in [0.1, 0.15) is 11.3 Å². The highest BCUT2D eigenvalue weighted by Gasteiger charge is 2.24. The molecule has 0 bridgehead atoms. The first kappa shape index (κ1) is 25.1. The minimum atomic E-state index is -0.574. The number of benzene rings is 1. The SMILES string of the molecule is CC(C)n1cc(N)c(-c2nc3c(-c4ccc(CNC(=O)c5nc(C(C)(C)C)no5)c(F)c4)ccnc3[nH]2)n1. The molecule has 5 aromatic rings. The monoisotopic (exact) mass is 517 g/mol. The van der Waals surface area contributed by atoms with Crippen molar-refractivity contribution in [3.63, 3.8) is 0 Å². The highest BCUT2D eigenvalue weighted by molar-refractivity contribution is 5.92. The third-order valence-electron chi connectivity index (χ3n) is 5.99. The Balaban J connectivity index is 1.37. The Morgan fingerprint density at radius 1 is 1.24 bits per heavy atom. The van der Waals surface area contributed by atoms with E-state index in [1.54, 1.807) is 35.3 Å². The summed E-state index contributed by atoms with van der Waals surface area (Å²) in [6.07, 6.45) is 3.38. The molecule has 5 rings (SSSR count). The van der Waals surface area contributed by atoms with Crippen molar-refractivity contribution in [1.29, 1.82) is 0 Å². The molecular formula is C26H28FN9O2. The fourth-order valence-corrected chi connectivity index (χ4v) is 3.84. The fraction of sp³-hybridized carbons (Fsp3) is 0.308. The summed E-state index contributed by atoms with van der Waals surface area (Å²) in [6.45, 7) is 9.69. The minimum Gasteiger partial charge on any atom is -0.396 e. The number of hydrogen-bond acceptors (Lipinski definition) is 8. The number of halogens is 1. The van der Waals surface area contributed by atoms with Crippen molar-refractivity contribution in [1.82, 2.24) is 40.2 Å². The summed E-state index contributed by atoms with van der Waals surface area (Å²) in [5, 5.41) is 11.0. The number of carbonyl (C=O) groups is 1. The van der Waals surface area contributed by atoms with Gasteiger partial charge in [-0.05, 0) is 31.5 Å². The fourth-order valence-electron chi connectivity index (χ4n) is 3.84. The van der Waals surface area contributed by atoms with E-state index >= 15 is 4.39 Å². The van der Waals surface area contributed by atoms with E-state index in [0.29, 0.717) is 50.9 Å². The Bertz CT molecular complexity index is 1640. The van der Waals surface area contributed by atoms with Crippen molar-refractivity contribution >= 4 is 22.8 Å². The Hall–Kier alpha value is -4.61. The van der Waals surface area contributed by atoms with Crippen molar-refractivity contribution in [3.05, 3.63) is 59.8 Å². The van der Waals surface area contributed by atoms with Crippen LogP contribution in [0.4, 0.5) is 10.1 Å². The number of fused-ring (bicyclic) bond motifs is 1. The number of hydrogen-bond donors (Lipinski definition) is 3. The second-order valence-corrected chi connectivity index (χ2v) is 10.3. The predicted octanol–water partition coefficient (Wildman–Crippen LogP) is 4.40. The number of aromatic amines is 1. The summed E-state index contributed by atoms with van der Waals surface area (Å²) in [4.78, 5) is 28.8. The number of amides is 1. The zero-order chi connectivity index (χ0) is 27.2. The third-order valence-corrected chi connectivity index (χ3v) is 5.99. The highest BCUT2D eigenvalue weighted by atomic mass is 19.1. The molecule has 4 aromatic heterocycles. The molecule has 0 spiro atoms. The molecule has 11 nitrogen and oxygen atoms in total. The number of H-pyrrole nitrogens is 1. The average molecular weight is 518 g/mol. The van der Waals surface area contributed by atoms with Crippen LogP contribution in [0.15, 0.2) is 41.2 Å². The van der Waals surface area contributed by atoms with Gasteiger partial charge in [0.15, 0.2) is 23.0 Å². The van der Waals surface area contributed by atoms with E-state index in [1.165, 1.54) is 6.07 Å². The van der Waals surface area contributed by atoms with Crippen LogP contribution in [0.1, 0.15) is 62.7 Å². The molecular weight excluding hydrogens is 489 g/mol. The molecule has 0 atom stereocenters. The minimum absolute atomic E-state index is 0.0473. The third kappa shape index (κ3) is 4.72. The van der Waals surface area contributed by atoms with E-state index in [9.17, 15) is 4.79 Å². The number of imidazole rings is 1. The van der Waals surface area contributed by atoms with Crippen LogP contribution in [0.2, 0.25) is 0 Å². The van der Waals surface area contributed by atoms with E-state index in [1.807, 2.05) is 34.6 Å². The summed E-state index contributed by atoms with van der Waals surface area (Å²) in [5.41, 5.74) is 9.52. The molecule has 38 heavy (non-hydrogen) atoms. The van der Waals surface area contributed by atoms with Crippen LogP contribution >= 0.6 is 0 Å². The summed E-state index contributed by atoms with van der Waals surface area (Å²) in [6, 6.07) is 6.68. The van der Waals surface area contributed by atoms with Crippen molar-refractivity contribution < 1.29 is 13.7 Å². The van der Waals surface area contributed by atoms with Crippen molar-refractivity contribution in [2.75, 3.05) is 5.73 Å². The van der Waals surface area contributed by atoms with Crippen LogP contribution in [-0.4, -0.2) is 40.8 Å². The molecule has 0 unspecified atom stereocenters. The Kier molecular flexibility index (Phi) is 6.17. The molecule has 196 valence electrons. The maximum atomic E-state index is 15.1. The zero-order valence-corrected chi connectivity index (χ0v) is 21.7. The molecule has 0 radical (unpaired) electrons. The van der Waals surface area contributed by atoms with Gasteiger partial charge in [-0.2, -0.15) is 10.1 Å². The smallest absolute Gasteiger partial charge is 0.315 e. The van der Waals surface area contributed by atoms with Crippen LogP contribution in [0.3, 0.4) is 0 Å². The molecule has 1 aromatic carbocycles. The van der Waals surface area contributed by atoms with Crippen LogP contribution in [0.25, 0.3) is 33.8 Å². The lowest BCUT2D eigenvalue weighted by Crippen LogP contribution is -2.24. The van der Waals surface area contributed by atoms with Gasteiger partial charge >= 0.3 is 11.8 Å². The average Bonchev–Trinajstić information content (AvgIpc) is 3.60. The number of rotatable bonds is 6. The Labute approximate surface area is 217 Å². The van der Waals surface area contributed by atoms with Gasteiger partial charge in [0, 0.05) is 41.5 Å². The van der Waals surface area contributed by atoms with E-state index in [2.05, 4.69) is 35.5 Å². The Morgan fingerprint density at radius 3 is 2.68 bits per heavy atom. The maximum Gasteiger partial charge on any atom is 0.315 e. The molecule has 0 aliphatic carbocycles. The molecule has 4 N–H and O–H groups in total. The lowest BCUT2D eigenvalue weighted by atomic mass is 9.96. The molecule has 0 saturated carbocycles. The van der Waals surface area contributed by atoms with Crippen molar-refractivity contribution in [2.24, 2.45) is 0 Å². The summed E-state index contributed by atoms with van der Waals surface area (Å²) in [5.74, 6) is -0.328. The Morgan fingerprint density at radius 2 is 2.03 bits per heavy atom. The predicted molar refractivity (Wildman–Crippen MR) is 139 cm³/mol. The maximum absolute atomic E-state index is 15.1. The topological polar surface area (TPSA) is 153 Å². The van der Waals surface area contributed by atoms with E-state index in [0.717, 1.165) is 0 Å². The van der Waals surface area contributed by atoms with Gasteiger partial charge < -0.3 is 20.6 Å².